The first-order chi connectivity index (χ1) is 14.6. The van der Waals surface area contributed by atoms with E-state index in [4.69, 9.17) is 23.2 Å². The van der Waals surface area contributed by atoms with Crippen LogP contribution in [0.1, 0.15) is 0 Å². The smallest absolute Gasteiger partial charge is 0.234 e. The molecular weight excluding hydrogens is 439 g/mol. The molecule has 8 heteroatoms. The van der Waals surface area contributed by atoms with Crippen molar-refractivity contribution in [3.8, 4) is 17.1 Å². The van der Waals surface area contributed by atoms with Crippen LogP contribution in [-0.2, 0) is 4.79 Å². The zero-order valence-electron chi connectivity index (χ0n) is 15.6. The highest BCUT2D eigenvalue weighted by Gasteiger charge is 2.17. The van der Waals surface area contributed by atoms with E-state index in [9.17, 15) is 4.79 Å². The van der Waals surface area contributed by atoms with E-state index in [1.807, 2.05) is 65.2 Å². The van der Waals surface area contributed by atoms with Crippen molar-refractivity contribution in [2.75, 3.05) is 11.1 Å². The molecular formula is C22H16Cl2N4OS. The van der Waals surface area contributed by atoms with E-state index in [1.54, 1.807) is 18.2 Å². The highest BCUT2D eigenvalue weighted by atomic mass is 35.5. The van der Waals surface area contributed by atoms with Gasteiger partial charge in [-0.1, -0.05) is 83.5 Å². The van der Waals surface area contributed by atoms with Gasteiger partial charge in [0.25, 0.3) is 0 Å². The number of halogens is 2. The number of amides is 1. The number of nitrogens with zero attached hydrogens (tertiary/aromatic N) is 3. The SMILES string of the molecule is O=C(CSc1nnc(-c2ccccc2)n1-c1ccccc1)Nc1cc(Cl)ccc1Cl. The average molecular weight is 455 g/mol. The minimum absolute atomic E-state index is 0.141. The molecule has 1 N–H and O–H groups in total. The van der Waals surface area contributed by atoms with Gasteiger partial charge in [-0.2, -0.15) is 0 Å². The maximum absolute atomic E-state index is 12.5. The minimum atomic E-state index is -0.215. The Balaban J connectivity index is 1.58. The molecule has 0 saturated carbocycles. The molecule has 0 bridgehead atoms. The average Bonchev–Trinajstić information content (AvgIpc) is 3.20. The van der Waals surface area contributed by atoms with Crippen molar-refractivity contribution in [3.63, 3.8) is 0 Å². The Bertz CT molecular complexity index is 1170. The highest BCUT2D eigenvalue weighted by molar-refractivity contribution is 7.99. The molecule has 0 aliphatic heterocycles. The molecule has 0 fully saturated rings. The zero-order valence-corrected chi connectivity index (χ0v) is 18.0. The first-order valence-electron chi connectivity index (χ1n) is 9.06. The van der Waals surface area contributed by atoms with Gasteiger partial charge in [-0.3, -0.25) is 9.36 Å². The van der Waals surface area contributed by atoms with E-state index >= 15 is 0 Å². The Morgan fingerprint density at radius 3 is 2.37 bits per heavy atom. The van der Waals surface area contributed by atoms with Gasteiger partial charge in [0.1, 0.15) is 0 Å². The lowest BCUT2D eigenvalue weighted by Gasteiger charge is -2.11. The second-order valence-electron chi connectivity index (χ2n) is 6.30. The Kier molecular flexibility index (Phi) is 6.38. The van der Waals surface area contributed by atoms with Crippen LogP contribution in [0.25, 0.3) is 17.1 Å². The molecule has 3 aromatic carbocycles. The molecule has 1 aromatic heterocycles. The summed E-state index contributed by atoms with van der Waals surface area (Å²) < 4.78 is 1.94. The topological polar surface area (TPSA) is 59.8 Å². The second-order valence-corrected chi connectivity index (χ2v) is 8.09. The minimum Gasteiger partial charge on any atom is -0.324 e. The van der Waals surface area contributed by atoms with E-state index in [0.29, 0.717) is 26.7 Å². The van der Waals surface area contributed by atoms with E-state index in [2.05, 4.69) is 15.5 Å². The number of nitrogens with one attached hydrogen (secondary N) is 1. The van der Waals surface area contributed by atoms with E-state index < -0.39 is 0 Å². The normalized spacial score (nSPS) is 10.7. The van der Waals surface area contributed by atoms with Crippen molar-refractivity contribution in [1.29, 1.82) is 0 Å². The molecule has 0 aliphatic rings. The van der Waals surface area contributed by atoms with Crippen LogP contribution in [0.4, 0.5) is 5.69 Å². The number of carbonyl (C=O) groups is 1. The molecule has 1 amide bonds. The van der Waals surface area contributed by atoms with E-state index in [-0.39, 0.29) is 11.7 Å². The van der Waals surface area contributed by atoms with Gasteiger partial charge in [0.15, 0.2) is 11.0 Å². The van der Waals surface area contributed by atoms with Crippen LogP contribution in [0.15, 0.2) is 84.0 Å². The van der Waals surface area contributed by atoms with Crippen LogP contribution >= 0.6 is 35.0 Å². The van der Waals surface area contributed by atoms with Gasteiger partial charge in [0.2, 0.25) is 5.91 Å². The van der Waals surface area contributed by atoms with Gasteiger partial charge in [-0.15, -0.1) is 10.2 Å². The van der Waals surface area contributed by atoms with Crippen LogP contribution < -0.4 is 5.32 Å². The molecule has 0 spiro atoms. The first kappa shape index (κ1) is 20.5. The Labute approximate surface area is 188 Å². The van der Waals surface area contributed by atoms with Crippen LogP contribution in [0.2, 0.25) is 10.0 Å². The third-order valence-electron chi connectivity index (χ3n) is 4.21. The molecule has 5 nitrogen and oxygen atoms in total. The molecule has 0 radical (unpaired) electrons. The summed E-state index contributed by atoms with van der Waals surface area (Å²) in [6, 6.07) is 24.5. The lowest BCUT2D eigenvalue weighted by molar-refractivity contribution is -0.113. The summed E-state index contributed by atoms with van der Waals surface area (Å²) in [6.45, 7) is 0. The number of thioether (sulfide) groups is 1. The first-order valence-corrected chi connectivity index (χ1v) is 10.8. The molecule has 0 aliphatic carbocycles. The standard InChI is InChI=1S/C22H16Cl2N4OS/c23-16-11-12-18(24)19(13-16)25-20(29)14-30-22-27-26-21(15-7-3-1-4-8-15)28(22)17-9-5-2-6-10-17/h1-13H,14H2,(H,25,29). The number of hydrogen-bond acceptors (Lipinski definition) is 4. The zero-order chi connectivity index (χ0) is 20.9. The fraction of sp³-hybridized carbons (Fsp3) is 0.0455. The maximum atomic E-state index is 12.5. The lowest BCUT2D eigenvalue weighted by Crippen LogP contribution is -2.15. The number of aromatic nitrogens is 3. The maximum Gasteiger partial charge on any atom is 0.234 e. The van der Waals surface area contributed by atoms with Crippen molar-refractivity contribution in [2.45, 2.75) is 5.16 Å². The predicted octanol–water partition coefficient (Wildman–Crippen LogP) is 5.97. The van der Waals surface area contributed by atoms with Crippen molar-refractivity contribution in [3.05, 3.63) is 88.9 Å². The summed E-state index contributed by atoms with van der Waals surface area (Å²) in [5, 5.41) is 13.0. The largest absolute Gasteiger partial charge is 0.324 e. The van der Waals surface area contributed by atoms with Crippen molar-refractivity contribution >= 4 is 46.6 Å². The second kappa shape index (κ2) is 9.34. The van der Waals surface area contributed by atoms with Crippen LogP contribution in [0, 0.1) is 0 Å². The van der Waals surface area contributed by atoms with Crippen molar-refractivity contribution < 1.29 is 4.79 Å². The van der Waals surface area contributed by atoms with Crippen LogP contribution in [0.3, 0.4) is 0 Å². The quantitative estimate of drug-likeness (QED) is 0.364. The van der Waals surface area contributed by atoms with Gasteiger partial charge >= 0.3 is 0 Å². The lowest BCUT2D eigenvalue weighted by atomic mass is 10.2. The molecule has 1 heterocycles. The molecule has 0 unspecified atom stereocenters. The highest BCUT2D eigenvalue weighted by Crippen LogP contribution is 2.29. The summed E-state index contributed by atoms with van der Waals surface area (Å²) in [6.07, 6.45) is 0. The third-order valence-corrected chi connectivity index (χ3v) is 5.71. The number of anilines is 1. The molecule has 4 aromatic rings. The van der Waals surface area contributed by atoms with E-state index in [0.717, 1.165) is 11.3 Å². The van der Waals surface area contributed by atoms with Crippen LogP contribution in [0.5, 0.6) is 0 Å². The summed E-state index contributed by atoms with van der Waals surface area (Å²) in [7, 11) is 0. The fourth-order valence-electron chi connectivity index (χ4n) is 2.86. The number of carbonyl (C=O) groups excluding carboxylic acids is 1. The van der Waals surface area contributed by atoms with Crippen LogP contribution in [-0.4, -0.2) is 26.4 Å². The fourth-order valence-corrected chi connectivity index (χ4v) is 3.95. The van der Waals surface area contributed by atoms with Crippen molar-refractivity contribution in [1.82, 2.24) is 14.8 Å². The molecule has 0 saturated heterocycles. The van der Waals surface area contributed by atoms with Gasteiger partial charge in [-0.05, 0) is 30.3 Å². The molecule has 4 rings (SSSR count). The monoisotopic (exact) mass is 454 g/mol. The summed E-state index contributed by atoms with van der Waals surface area (Å²) >= 11 is 13.4. The van der Waals surface area contributed by atoms with Crippen molar-refractivity contribution in [2.24, 2.45) is 0 Å². The molecule has 150 valence electrons. The number of benzene rings is 3. The number of rotatable bonds is 6. The predicted molar refractivity (Wildman–Crippen MR) is 123 cm³/mol. The Morgan fingerprint density at radius 1 is 0.933 bits per heavy atom. The van der Waals surface area contributed by atoms with Gasteiger partial charge in [0, 0.05) is 16.3 Å². The summed E-state index contributed by atoms with van der Waals surface area (Å²) in [5.41, 5.74) is 2.34. The number of para-hydroxylation sites is 1. The van der Waals surface area contributed by atoms with E-state index in [1.165, 1.54) is 11.8 Å². The summed E-state index contributed by atoms with van der Waals surface area (Å²) in [4.78, 5) is 12.5. The van der Waals surface area contributed by atoms with Gasteiger partial charge < -0.3 is 5.32 Å². The Morgan fingerprint density at radius 2 is 1.63 bits per heavy atom. The third kappa shape index (κ3) is 4.67. The molecule has 30 heavy (non-hydrogen) atoms. The molecule has 0 atom stereocenters. The van der Waals surface area contributed by atoms with Gasteiger partial charge in [0.05, 0.1) is 16.5 Å². The van der Waals surface area contributed by atoms with Gasteiger partial charge in [-0.25, -0.2) is 0 Å². The summed E-state index contributed by atoms with van der Waals surface area (Å²) in [5.74, 6) is 0.637. The Hall–Kier alpha value is -2.80. The number of hydrogen-bond donors (Lipinski definition) is 1.